The van der Waals surface area contributed by atoms with Gasteiger partial charge in [-0.05, 0) is 43.2 Å². The molecule has 1 amide bonds. The maximum absolute atomic E-state index is 12.8. The Morgan fingerprint density at radius 3 is 2.33 bits per heavy atom. The lowest BCUT2D eigenvalue weighted by molar-refractivity contribution is -0.116. The molecule has 10 heteroatoms. The van der Waals surface area contributed by atoms with E-state index in [0.29, 0.717) is 15.7 Å². The first kappa shape index (κ1) is 22.2. The Balaban J connectivity index is 1.79. The minimum Gasteiger partial charge on any atom is -0.299 e. The number of rotatable bonds is 7. The molecule has 0 aliphatic rings. The Hall–Kier alpha value is -2.49. The fraction of sp³-hybridized carbons (Fsp3) is 0.250. The summed E-state index contributed by atoms with van der Waals surface area (Å²) in [4.78, 5) is 12.8. The molecule has 158 valence electrons. The van der Waals surface area contributed by atoms with E-state index in [1.807, 2.05) is 31.2 Å². The lowest BCUT2D eigenvalue weighted by Crippen LogP contribution is -2.45. The van der Waals surface area contributed by atoms with E-state index >= 15 is 0 Å². The second-order valence-electron chi connectivity index (χ2n) is 6.66. The van der Waals surface area contributed by atoms with Gasteiger partial charge in [-0.3, -0.25) is 14.4 Å². The first-order chi connectivity index (χ1) is 14.2. The van der Waals surface area contributed by atoms with Crippen molar-refractivity contribution in [3.63, 3.8) is 0 Å². The van der Waals surface area contributed by atoms with Gasteiger partial charge in [0.1, 0.15) is 11.0 Å². The van der Waals surface area contributed by atoms with Gasteiger partial charge in [0.15, 0.2) is 0 Å². The molecule has 1 atom stereocenters. The highest BCUT2D eigenvalue weighted by atomic mass is 35.5. The zero-order chi connectivity index (χ0) is 21.9. The molecule has 0 bridgehead atoms. The number of sulfonamides is 1. The molecule has 0 spiro atoms. The van der Waals surface area contributed by atoms with Crippen molar-refractivity contribution >= 4 is 49.7 Å². The largest absolute Gasteiger partial charge is 0.299 e. The zero-order valence-electron chi connectivity index (χ0n) is 16.7. The lowest BCUT2D eigenvalue weighted by Gasteiger charge is -2.28. The number of aryl methyl sites for hydroxylation is 1. The van der Waals surface area contributed by atoms with Gasteiger partial charge >= 0.3 is 0 Å². The Kier molecular flexibility index (Phi) is 6.74. The quantitative estimate of drug-likeness (QED) is 0.565. The first-order valence-corrected chi connectivity index (χ1v) is 12.2. The van der Waals surface area contributed by atoms with Crippen molar-refractivity contribution in [2.45, 2.75) is 26.3 Å². The van der Waals surface area contributed by atoms with E-state index < -0.39 is 22.0 Å². The number of nitrogens with zero attached hydrogens (tertiary/aromatic N) is 3. The number of aromatic nitrogens is 2. The summed E-state index contributed by atoms with van der Waals surface area (Å²) in [5.41, 5.74) is 2.32. The van der Waals surface area contributed by atoms with E-state index in [1.54, 1.807) is 24.3 Å². The van der Waals surface area contributed by atoms with Crippen LogP contribution in [0.25, 0.3) is 10.6 Å². The maximum atomic E-state index is 12.8. The predicted molar refractivity (Wildman–Crippen MR) is 122 cm³/mol. The van der Waals surface area contributed by atoms with Crippen LogP contribution in [-0.4, -0.2) is 36.8 Å². The molecule has 0 aliphatic heterocycles. The van der Waals surface area contributed by atoms with Crippen LogP contribution < -0.4 is 9.62 Å². The number of carbonyl (C=O) groups excluding carboxylic acids is 1. The highest BCUT2D eigenvalue weighted by Crippen LogP contribution is 2.28. The summed E-state index contributed by atoms with van der Waals surface area (Å²) in [5.74, 6) is -0.501. The molecule has 1 heterocycles. The molecule has 3 aromatic rings. The molecule has 1 N–H and O–H groups in total. The van der Waals surface area contributed by atoms with Crippen LogP contribution in [0.5, 0.6) is 0 Å². The zero-order valence-corrected chi connectivity index (χ0v) is 19.1. The summed E-state index contributed by atoms with van der Waals surface area (Å²) in [6.45, 7) is 3.55. The smallest absolute Gasteiger partial charge is 0.249 e. The van der Waals surface area contributed by atoms with Gasteiger partial charge in [0.05, 0.1) is 11.9 Å². The van der Waals surface area contributed by atoms with E-state index in [0.717, 1.165) is 28.1 Å². The van der Waals surface area contributed by atoms with Crippen LogP contribution in [0.4, 0.5) is 10.8 Å². The summed E-state index contributed by atoms with van der Waals surface area (Å²) < 4.78 is 25.9. The van der Waals surface area contributed by atoms with Crippen LogP contribution in [0, 0.1) is 0 Å². The first-order valence-electron chi connectivity index (χ1n) is 9.17. The van der Waals surface area contributed by atoms with Crippen LogP contribution in [0.1, 0.15) is 19.4 Å². The number of nitrogens with one attached hydrogen (secondary N) is 1. The van der Waals surface area contributed by atoms with Crippen molar-refractivity contribution in [3.05, 3.63) is 59.1 Å². The number of carbonyl (C=O) groups is 1. The average molecular weight is 465 g/mol. The summed E-state index contributed by atoms with van der Waals surface area (Å²) in [5, 5.41) is 12.2. The molecular formula is C20H21ClN4O3S2. The Morgan fingerprint density at radius 2 is 1.77 bits per heavy atom. The third kappa shape index (κ3) is 5.16. The molecule has 1 aromatic heterocycles. The molecule has 0 fully saturated rings. The van der Waals surface area contributed by atoms with Crippen LogP contribution in [-0.2, 0) is 21.2 Å². The number of halogens is 1. The molecular weight excluding hydrogens is 444 g/mol. The van der Waals surface area contributed by atoms with Gasteiger partial charge in [-0.2, -0.15) is 0 Å². The molecule has 3 rings (SSSR count). The van der Waals surface area contributed by atoms with Crippen LogP contribution >= 0.6 is 22.9 Å². The molecule has 2 aromatic carbocycles. The molecule has 0 radical (unpaired) electrons. The Labute approximate surface area is 184 Å². The van der Waals surface area contributed by atoms with Gasteiger partial charge in [0.2, 0.25) is 21.1 Å². The van der Waals surface area contributed by atoms with Crippen LogP contribution in [0.2, 0.25) is 5.02 Å². The fourth-order valence-corrected chi connectivity index (χ4v) is 4.93. The summed E-state index contributed by atoms with van der Waals surface area (Å²) in [6.07, 6.45) is 1.91. The molecule has 30 heavy (non-hydrogen) atoms. The molecule has 1 unspecified atom stereocenters. The second-order valence-corrected chi connectivity index (χ2v) is 9.94. The molecule has 0 aliphatic carbocycles. The highest BCUT2D eigenvalue weighted by molar-refractivity contribution is 7.92. The Bertz CT molecular complexity index is 1130. The predicted octanol–water partition coefficient (Wildman–Crippen LogP) is 4.21. The number of benzene rings is 2. The van der Waals surface area contributed by atoms with Crippen LogP contribution in [0.3, 0.4) is 0 Å². The maximum Gasteiger partial charge on any atom is 0.249 e. The summed E-state index contributed by atoms with van der Waals surface area (Å²) >= 11 is 7.09. The van der Waals surface area contributed by atoms with Crippen molar-refractivity contribution in [1.29, 1.82) is 0 Å². The van der Waals surface area contributed by atoms with Gasteiger partial charge in [0, 0.05) is 10.6 Å². The number of hydrogen-bond donors (Lipinski definition) is 1. The topological polar surface area (TPSA) is 92.3 Å². The van der Waals surface area contributed by atoms with Gasteiger partial charge in [0.25, 0.3) is 0 Å². The van der Waals surface area contributed by atoms with Gasteiger partial charge in [-0.1, -0.05) is 54.1 Å². The minimum atomic E-state index is -3.69. The summed E-state index contributed by atoms with van der Waals surface area (Å²) in [7, 11) is -3.69. The van der Waals surface area contributed by atoms with E-state index in [2.05, 4.69) is 15.5 Å². The number of amides is 1. The highest BCUT2D eigenvalue weighted by Gasteiger charge is 2.29. The standard InChI is InChI=1S/C20H21ClN4O3S2/c1-4-14-5-11-17(12-6-14)25(30(3,27)28)13(2)18(26)22-20-24-23-19(29-20)15-7-9-16(21)10-8-15/h5-13H,4H2,1-3H3,(H,22,24,26). The van der Waals surface area contributed by atoms with E-state index in [9.17, 15) is 13.2 Å². The van der Waals surface area contributed by atoms with Crippen molar-refractivity contribution in [2.24, 2.45) is 0 Å². The molecule has 7 nitrogen and oxygen atoms in total. The lowest BCUT2D eigenvalue weighted by atomic mass is 10.1. The van der Waals surface area contributed by atoms with Crippen molar-refractivity contribution in [3.8, 4) is 10.6 Å². The van der Waals surface area contributed by atoms with Crippen molar-refractivity contribution < 1.29 is 13.2 Å². The summed E-state index contributed by atoms with van der Waals surface area (Å²) in [6, 6.07) is 13.2. The second kappa shape index (κ2) is 9.11. The van der Waals surface area contributed by atoms with Crippen molar-refractivity contribution in [1.82, 2.24) is 10.2 Å². The average Bonchev–Trinajstić information content (AvgIpc) is 3.16. The van der Waals surface area contributed by atoms with Crippen molar-refractivity contribution in [2.75, 3.05) is 15.9 Å². The van der Waals surface area contributed by atoms with E-state index in [-0.39, 0.29) is 5.13 Å². The van der Waals surface area contributed by atoms with Gasteiger partial charge in [-0.25, -0.2) is 8.42 Å². The normalized spacial score (nSPS) is 12.4. The van der Waals surface area contributed by atoms with Crippen LogP contribution in [0.15, 0.2) is 48.5 Å². The van der Waals surface area contributed by atoms with Gasteiger partial charge < -0.3 is 0 Å². The third-order valence-corrected chi connectivity index (χ3v) is 6.82. The van der Waals surface area contributed by atoms with Gasteiger partial charge in [-0.15, -0.1) is 10.2 Å². The SMILES string of the molecule is CCc1ccc(N(C(C)C(=O)Nc2nnc(-c3ccc(Cl)cc3)s2)S(C)(=O)=O)cc1. The Morgan fingerprint density at radius 1 is 1.13 bits per heavy atom. The molecule has 0 saturated heterocycles. The number of hydrogen-bond acceptors (Lipinski definition) is 6. The minimum absolute atomic E-state index is 0.284. The van der Waals surface area contributed by atoms with E-state index in [4.69, 9.17) is 11.6 Å². The molecule has 0 saturated carbocycles. The monoisotopic (exact) mass is 464 g/mol. The third-order valence-electron chi connectivity index (χ3n) is 4.43. The number of anilines is 2. The van der Waals surface area contributed by atoms with E-state index in [1.165, 1.54) is 18.3 Å². The fourth-order valence-electron chi connectivity index (χ4n) is 2.88.